The molecule has 0 aromatic carbocycles. The predicted molar refractivity (Wildman–Crippen MR) is 71.0 cm³/mol. The largest absolute Gasteiger partial charge is 0.477 e. The van der Waals surface area contributed by atoms with Gasteiger partial charge in [-0.2, -0.15) is 0 Å². The lowest BCUT2D eigenvalue weighted by Crippen LogP contribution is -2.16. The molecule has 1 N–H and O–H groups in total. The van der Waals surface area contributed by atoms with Crippen LogP contribution in [0.4, 0.5) is 0 Å². The monoisotopic (exact) mass is 262 g/mol. The van der Waals surface area contributed by atoms with Gasteiger partial charge in [-0.15, -0.1) is 11.3 Å². The van der Waals surface area contributed by atoms with Crippen LogP contribution in [0.2, 0.25) is 0 Å². The summed E-state index contributed by atoms with van der Waals surface area (Å²) in [4.78, 5) is 20.2. The Morgan fingerprint density at radius 3 is 2.50 bits per heavy atom. The predicted octanol–water partition coefficient (Wildman–Crippen LogP) is 3.20. The minimum Gasteiger partial charge on any atom is -0.477 e. The van der Waals surface area contributed by atoms with Gasteiger partial charge in [0.2, 0.25) is 0 Å². The molecule has 0 bridgehead atoms. The van der Waals surface area contributed by atoms with Crippen LogP contribution >= 0.6 is 11.3 Å². The molecule has 0 atom stereocenters. The maximum Gasteiger partial charge on any atom is 0.347 e. The van der Waals surface area contributed by atoms with Crippen molar-refractivity contribution in [3.05, 3.63) is 35.0 Å². The fourth-order valence-electron chi connectivity index (χ4n) is 1.57. The van der Waals surface area contributed by atoms with Crippen LogP contribution < -0.4 is 0 Å². The first-order valence-corrected chi connectivity index (χ1v) is 6.37. The van der Waals surface area contributed by atoms with E-state index in [9.17, 15) is 9.90 Å². The van der Waals surface area contributed by atoms with Crippen molar-refractivity contribution in [2.45, 2.75) is 26.2 Å². The number of thiazole rings is 1. The van der Waals surface area contributed by atoms with Gasteiger partial charge < -0.3 is 5.11 Å². The third kappa shape index (κ3) is 2.41. The summed E-state index contributed by atoms with van der Waals surface area (Å²) in [6.07, 6.45) is 1.67. The number of carbonyl (C=O) groups is 1. The molecule has 0 aliphatic rings. The quantitative estimate of drug-likeness (QED) is 0.902. The summed E-state index contributed by atoms with van der Waals surface area (Å²) < 4.78 is 0. The lowest BCUT2D eigenvalue weighted by molar-refractivity contribution is 0.0699. The molecule has 0 aliphatic carbocycles. The summed E-state index contributed by atoms with van der Waals surface area (Å²) in [5.74, 6) is -0.931. The molecule has 0 aliphatic heterocycles. The third-order valence-corrected chi connectivity index (χ3v) is 3.48. The van der Waals surface area contributed by atoms with Gasteiger partial charge in [0.1, 0.15) is 9.88 Å². The average molecular weight is 262 g/mol. The number of rotatable bonds is 2. The molecule has 5 heteroatoms. The molecular formula is C13H14N2O2S. The van der Waals surface area contributed by atoms with Gasteiger partial charge in [-0.3, -0.25) is 4.98 Å². The second kappa shape index (κ2) is 4.49. The Balaban J connectivity index is 2.57. The summed E-state index contributed by atoms with van der Waals surface area (Å²) in [7, 11) is 0. The van der Waals surface area contributed by atoms with E-state index in [1.54, 1.807) is 6.20 Å². The number of pyridine rings is 1. The summed E-state index contributed by atoms with van der Waals surface area (Å²) in [5.41, 5.74) is 1.03. The minimum atomic E-state index is -0.931. The standard InChI is InChI=1S/C13H14N2O2S/c1-13(2,3)10-9(12(16)17)18-11(15-10)8-6-4-5-7-14-8/h4-7H,1-3H3,(H,16,17). The number of aromatic carboxylic acids is 1. The highest BCUT2D eigenvalue weighted by molar-refractivity contribution is 7.17. The first-order chi connectivity index (χ1) is 8.39. The lowest BCUT2D eigenvalue weighted by Gasteiger charge is -2.15. The summed E-state index contributed by atoms with van der Waals surface area (Å²) >= 11 is 1.17. The van der Waals surface area contributed by atoms with Crippen molar-refractivity contribution >= 4 is 17.3 Å². The first-order valence-electron chi connectivity index (χ1n) is 5.55. The Hall–Kier alpha value is -1.75. The number of carboxylic acids is 1. The zero-order valence-electron chi connectivity index (χ0n) is 10.5. The highest BCUT2D eigenvalue weighted by Crippen LogP contribution is 2.33. The van der Waals surface area contributed by atoms with Gasteiger partial charge in [-0.25, -0.2) is 9.78 Å². The molecule has 4 nitrogen and oxygen atoms in total. The molecule has 2 rings (SSSR count). The van der Waals surface area contributed by atoms with Crippen molar-refractivity contribution < 1.29 is 9.90 Å². The fourth-order valence-corrected chi connectivity index (χ4v) is 2.66. The molecule has 0 radical (unpaired) electrons. The molecule has 0 saturated heterocycles. The van der Waals surface area contributed by atoms with Crippen molar-refractivity contribution in [3.8, 4) is 10.7 Å². The molecule has 0 fully saturated rings. The fraction of sp³-hybridized carbons (Fsp3) is 0.308. The van der Waals surface area contributed by atoms with Gasteiger partial charge in [0.25, 0.3) is 0 Å². The number of hydrogen-bond acceptors (Lipinski definition) is 4. The van der Waals surface area contributed by atoms with Crippen molar-refractivity contribution in [1.29, 1.82) is 0 Å². The Labute approximate surface area is 109 Å². The van der Waals surface area contributed by atoms with Gasteiger partial charge in [-0.1, -0.05) is 26.8 Å². The van der Waals surface area contributed by atoms with Crippen LogP contribution in [0.15, 0.2) is 24.4 Å². The molecule has 2 heterocycles. The summed E-state index contributed by atoms with van der Waals surface area (Å²) in [6, 6.07) is 5.51. The number of aromatic nitrogens is 2. The molecule has 0 saturated carbocycles. The maximum absolute atomic E-state index is 11.3. The normalized spacial score (nSPS) is 11.5. The summed E-state index contributed by atoms with van der Waals surface area (Å²) in [6.45, 7) is 5.87. The highest BCUT2D eigenvalue weighted by Gasteiger charge is 2.27. The van der Waals surface area contributed by atoms with Crippen molar-refractivity contribution in [2.75, 3.05) is 0 Å². The molecule has 2 aromatic heterocycles. The average Bonchev–Trinajstić information content (AvgIpc) is 2.74. The van der Waals surface area contributed by atoms with E-state index in [2.05, 4.69) is 9.97 Å². The van der Waals surface area contributed by atoms with E-state index < -0.39 is 5.97 Å². The van der Waals surface area contributed by atoms with E-state index in [0.29, 0.717) is 21.3 Å². The van der Waals surface area contributed by atoms with Crippen LogP contribution in [0.1, 0.15) is 36.1 Å². The Bertz CT molecular complexity index is 570. The zero-order valence-corrected chi connectivity index (χ0v) is 11.3. The van der Waals surface area contributed by atoms with Gasteiger partial charge in [-0.05, 0) is 12.1 Å². The van der Waals surface area contributed by atoms with Crippen molar-refractivity contribution in [1.82, 2.24) is 9.97 Å². The summed E-state index contributed by atoms with van der Waals surface area (Å²) in [5, 5.41) is 9.89. The Morgan fingerprint density at radius 1 is 1.33 bits per heavy atom. The van der Waals surface area contributed by atoms with Crippen LogP contribution in [-0.4, -0.2) is 21.0 Å². The molecule has 18 heavy (non-hydrogen) atoms. The van der Waals surface area contributed by atoms with Gasteiger partial charge in [0, 0.05) is 11.6 Å². The van der Waals surface area contributed by atoms with E-state index in [-0.39, 0.29) is 5.41 Å². The minimum absolute atomic E-state index is 0.294. The van der Waals surface area contributed by atoms with Gasteiger partial charge in [0.15, 0.2) is 0 Å². The SMILES string of the molecule is CC(C)(C)c1nc(-c2ccccn2)sc1C(=O)O. The van der Waals surface area contributed by atoms with Crippen LogP contribution in [0.25, 0.3) is 10.7 Å². The van der Waals surface area contributed by atoms with Gasteiger partial charge >= 0.3 is 5.97 Å². The zero-order chi connectivity index (χ0) is 13.3. The number of carboxylic acid groups (broad SMARTS) is 1. The molecule has 0 spiro atoms. The van der Waals surface area contributed by atoms with E-state index in [0.717, 1.165) is 0 Å². The van der Waals surface area contributed by atoms with Crippen LogP contribution in [0.5, 0.6) is 0 Å². The third-order valence-electron chi connectivity index (χ3n) is 2.42. The van der Waals surface area contributed by atoms with Crippen molar-refractivity contribution in [2.24, 2.45) is 0 Å². The van der Waals surface area contributed by atoms with Gasteiger partial charge in [0.05, 0.1) is 11.4 Å². The Kier molecular flexibility index (Phi) is 3.17. The number of hydrogen-bond donors (Lipinski definition) is 1. The first kappa shape index (κ1) is 12.7. The van der Waals surface area contributed by atoms with Crippen LogP contribution in [-0.2, 0) is 5.41 Å². The second-order valence-electron chi connectivity index (χ2n) is 4.97. The lowest BCUT2D eigenvalue weighted by atomic mass is 9.91. The highest BCUT2D eigenvalue weighted by atomic mass is 32.1. The maximum atomic E-state index is 11.3. The van der Waals surface area contributed by atoms with E-state index in [4.69, 9.17) is 0 Å². The topological polar surface area (TPSA) is 63.1 Å². The van der Waals surface area contributed by atoms with E-state index in [1.807, 2.05) is 39.0 Å². The van der Waals surface area contributed by atoms with E-state index >= 15 is 0 Å². The van der Waals surface area contributed by atoms with Crippen LogP contribution in [0, 0.1) is 0 Å². The number of nitrogens with zero attached hydrogens (tertiary/aromatic N) is 2. The van der Waals surface area contributed by atoms with Crippen molar-refractivity contribution in [3.63, 3.8) is 0 Å². The second-order valence-corrected chi connectivity index (χ2v) is 5.97. The molecular weight excluding hydrogens is 248 g/mol. The Morgan fingerprint density at radius 2 is 2.06 bits per heavy atom. The molecule has 94 valence electrons. The smallest absolute Gasteiger partial charge is 0.347 e. The molecule has 2 aromatic rings. The molecule has 0 unspecified atom stereocenters. The molecule has 0 amide bonds. The van der Waals surface area contributed by atoms with Crippen LogP contribution in [0.3, 0.4) is 0 Å². The van der Waals surface area contributed by atoms with E-state index in [1.165, 1.54) is 11.3 Å².